The van der Waals surface area contributed by atoms with Crippen LogP contribution in [0.4, 0.5) is 5.82 Å². The van der Waals surface area contributed by atoms with Crippen molar-refractivity contribution in [3.05, 3.63) is 67.0 Å². The quantitative estimate of drug-likeness (QED) is 0.586. The van der Waals surface area contributed by atoms with Gasteiger partial charge in [-0.05, 0) is 42.2 Å². The van der Waals surface area contributed by atoms with Crippen molar-refractivity contribution < 1.29 is 4.74 Å². The van der Waals surface area contributed by atoms with Crippen LogP contribution in [0.25, 0.3) is 28.0 Å². The van der Waals surface area contributed by atoms with E-state index in [-0.39, 0.29) is 0 Å². The molecular weight excluding hydrogens is 350 g/mol. The van der Waals surface area contributed by atoms with Gasteiger partial charge >= 0.3 is 0 Å². The van der Waals surface area contributed by atoms with Gasteiger partial charge in [0, 0.05) is 37.0 Å². The van der Waals surface area contributed by atoms with E-state index in [0.29, 0.717) is 12.0 Å². The summed E-state index contributed by atoms with van der Waals surface area (Å²) in [6.45, 7) is 1.56. The number of anilines is 1. The van der Waals surface area contributed by atoms with Gasteiger partial charge in [0.05, 0.1) is 5.52 Å². The predicted molar refractivity (Wildman–Crippen MR) is 110 cm³/mol. The highest BCUT2D eigenvalue weighted by molar-refractivity contribution is 5.93. The third-order valence-electron chi connectivity index (χ3n) is 5.06. The zero-order chi connectivity index (χ0) is 18.8. The maximum atomic E-state index is 5.50. The maximum absolute atomic E-state index is 5.50. The van der Waals surface area contributed by atoms with E-state index < -0.39 is 0 Å². The summed E-state index contributed by atoms with van der Waals surface area (Å²) in [5.74, 6) is 1.42. The fourth-order valence-corrected chi connectivity index (χ4v) is 3.56. The summed E-state index contributed by atoms with van der Waals surface area (Å²) < 4.78 is 7.19. The minimum atomic E-state index is 0.345. The molecule has 1 aliphatic heterocycles. The number of fused-ring (bicyclic) bond motifs is 1. The second kappa shape index (κ2) is 7.40. The van der Waals surface area contributed by atoms with Crippen molar-refractivity contribution in [3.8, 4) is 17.1 Å². The van der Waals surface area contributed by atoms with E-state index in [4.69, 9.17) is 14.7 Å². The zero-order valence-electron chi connectivity index (χ0n) is 15.5. The zero-order valence-corrected chi connectivity index (χ0v) is 15.5. The molecule has 0 aliphatic carbocycles. The molecule has 1 N–H and O–H groups in total. The van der Waals surface area contributed by atoms with Gasteiger partial charge in [0.1, 0.15) is 5.82 Å². The Morgan fingerprint density at radius 2 is 1.79 bits per heavy atom. The molecule has 28 heavy (non-hydrogen) atoms. The van der Waals surface area contributed by atoms with Crippen LogP contribution in [0.15, 0.2) is 67.0 Å². The minimum absolute atomic E-state index is 0.345. The Morgan fingerprint density at radius 1 is 0.929 bits per heavy atom. The summed E-state index contributed by atoms with van der Waals surface area (Å²) in [5.41, 5.74) is 3.23. The first-order valence-electron chi connectivity index (χ1n) is 9.58. The molecule has 2 aromatic carbocycles. The van der Waals surface area contributed by atoms with Crippen molar-refractivity contribution >= 4 is 16.7 Å². The summed E-state index contributed by atoms with van der Waals surface area (Å²) in [7, 11) is 0. The predicted octanol–water partition coefficient (Wildman–Crippen LogP) is 4.07. The Morgan fingerprint density at radius 3 is 2.57 bits per heavy atom. The lowest BCUT2D eigenvalue weighted by molar-refractivity contribution is 0.0904. The smallest absolute Gasteiger partial charge is 0.253 e. The number of ether oxygens (including phenoxy) is 1. The van der Waals surface area contributed by atoms with Crippen LogP contribution in [0.1, 0.15) is 12.8 Å². The summed E-state index contributed by atoms with van der Waals surface area (Å²) in [4.78, 5) is 9.54. The van der Waals surface area contributed by atoms with E-state index in [2.05, 4.69) is 52.9 Å². The molecule has 0 bridgehead atoms. The molecule has 6 heteroatoms. The molecule has 1 fully saturated rings. The topological polar surface area (TPSA) is 64.9 Å². The van der Waals surface area contributed by atoms with Crippen molar-refractivity contribution in [1.82, 2.24) is 19.7 Å². The lowest BCUT2D eigenvalue weighted by Crippen LogP contribution is -2.28. The highest BCUT2D eigenvalue weighted by Crippen LogP contribution is 2.29. The van der Waals surface area contributed by atoms with Gasteiger partial charge in [-0.1, -0.05) is 36.4 Å². The highest BCUT2D eigenvalue weighted by atomic mass is 16.5. The standard InChI is InChI=1S/C22H21N5O/c1-2-5-16(6-3-1)17-7-8-20-19(15-17)21(24-18-9-13-28-14-10-18)26-22(25-20)27-12-4-11-23-27/h1-8,11-12,15,18H,9-10,13-14H2,(H,24,25,26). The van der Waals surface area contributed by atoms with Crippen LogP contribution in [0.5, 0.6) is 0 Å². The van der Waals surface area contributed by atoms with E-state index in [9.17, 15) is 0 Å². The van der Waals surface area contributed by atoms with Gasteiger partial charge in [-0.2, -0.15) is 10.1 Å². The van der Waals surface area contributed by atoms with Crippen molar-refractivity contribution in [2.75, 3.05) is 18.5 Å². The molecule has 5 rings (SSSR count). The Bertz CT molecular complexity index is 1070. The van der Waals surface area contributed by atoms with Crippen LogP contribution in [0, 0.1) is 0 Å². The first kappa shape index (κ1) is 16.9. The largest absolute Gasteiger partial charge is 0.381 e. The second-order valence-corrected chi connectivity index (χ2v) is 6.95. The Kier molecular flexibility index (Phi) is 4.47. The third kappa shape index (κ3) is 3.34. The van der Waals surface area contributed by atoms with Gasteiger partial charge in [-0.15, -0.1) is 0 Å². The SMILES string of the molecule is c1ccc(-c2ccc3nc(-n4cccn4)nc(NC4CCOCC4)c3c2)cc1. The van der Waals surface area contributed by atoms with E-state index in [1.165, 1.54) is 5.56 Å². The molecule has 0 atom stereocenters. The molecular formula is C22H21N5O. The number of nitrogens with one attached hydrogen (secondary N) is 1. The maximum Gasteiger partial charge on any atom is 0.253 e. The lowest BCUT2D eigenvalue weighted by Gasteiger charge is -2.24. The molecule has 1 saturated heterocycles. The summed E-state index contributed by atoms with van der Waals surface area (Å²) in [6.07, 6.45) is 5.54. The molecule has 0 amide bonds. The first-order valence-corrected chi connectivity index (χ1v) is 9.58. The van der Waals surface area contributed by atoms with Gasteiger partial charge in [-0.25, -0.2) is 9.67 Å². The fourth-order valence-electron chi connectivity index (χ4n) is 3.56. The molecule has 140 valence electrons. The molecule has 0 spiro atoms. The highest BCUT2D eigenvalue weighted by Gasteiger charge is 2.17. The fraction of sp³-hybridized carbons (Fsp3) is 0.227. The van der Waals surface area contributed by atoms with E-state index in [1.807, 2.05) is 18.3 Å². The molecule has 3 heterocycles. The van der Waals surface area contributed by atoms with E-state index in [0.717, 1.165) is 48.3 Å². The monoisotopic (exact) mass is 371 g/mol. The molecule has 2 aromatic heterocycles. The molecule has 6 nitrogen and oxygen atoms in total. The van der Waals surface area contributed by atoms with Crippen LogP contribution in [0.3, 0.4) is 0 Å². The summed E-state index contributed by atoms with van der Waals surface area (Å²) in [6, 6.07) is 18.9. The van der Waals surface area contributed by atoms with Crippen molar-refractivity contribution in [3.63, 3.8) is 0 Å². The number of aromatic nitrogens is 4. The summed E-state index contributed by atoms with van der Waals surface area (Å²) in [5, 5.41) is 8.94. The second-order valence-electron chi connectivity index (χ2n) is 6.95. The number of hydrogen-bond donors (Lipinski definition) is 1. The van der Waals surface area contributed by atoms with Crippen molar-refractivity contribution in [2.24, 2.45) is 0 Å². The van der Waals surface area contributed by atoms with Crippen molar-refractivity contribution in [2.45, 2.75) is 18.9 Å². The Balaban J connectivity index is 1.62. The molecule has 0 unspecified atom stereocenters. The average Bonchev–Trinajstić information content (AvgIpc) is 3.30. The van der Waals surface area contributed by atoms with Gasteiger partial charge in [0.25, 0.3) is 5.95 Å². The molecule has 4 aromatic rings. The number of benzene rings is 2. The number of rotatable bonds is 4. The Hall–Kier alpha value is -3.25. The van der Waals surface area contributed by atoms with Crippen LogP contribution < -0.4 is 5.32 Å². The lowest BCUT2D eigenvalue weighted by atomic mass is 10.0. The normalized spacial score (nSPS) is 15.0. The van der Waals surface area contributed by atoms with E-state index >= 15 is 0 Å². The average molecular weight is 371 g/mol. The van der Waals surface area contributed by atoms with Gasteiger partial charge in [0.15, 0.2) is 0 Å². The van der Waals surface area contributed by atoms with Gasteiger partial charge in [0.2, 0.25) is 0 Å². The molecule has 1 aliphatic rings. The molecule has 0 saturated carbocycles. The number of nitrogens with zero attached hydrogens (tertiary/aromatic N) is 4. The minimum Gasteiger partial charge on any atom is -0.381 e. The van der Waals surface area contributed by atoms with Gasteiger partial charge < -0.3 is 10.1 Å². The van der Waals surface area contributed by atoms with Crippen LogP contribution in [-0.4, -0.2) is 39.0 Å². The van der Waals surface area contributed by atoms with Gasteiger partial charge in [-0.3, -0.25) is 0 Å². The van der Waals surface area contributed by atoms with E-state index in [1.54, 1.807) is 10.9 Å². The number of hydrogen-bond acceptors (Lipinski definition) is 5. The van der Waals surface area contributed by atoms with Crippen LogP contribution in [-0.2, 0) is 4.74 Å². The van der Waals surface area contributed by atoms with Crippen molar-refractivity contribution in [1.29, 1.82) is 0 Å². The Labute approximate surface area is 163 Å². The first-order chi connectivity index (χ1) is 13.9. The third-order valence-corrected chi connectivity index (χ3v) is 5.06. The van der Waals surface area contributed by atoms with Crippen LogP contribution >= 0.6 is 0 Å². The molecule has 0 radical (unpaired) electrons. The summed E-state index contributed by atoms with van der Waals surface area (Å²) >= 11 is 0. The van der Waals surface area contributed by atoms with Crippen LogP contribution in [0.2, 0.25) is 0 Å².